The molecule has 0 bridgehead atoms. The van der Waals surface area contributed by atoms with Crippen molar-refractivity contribution >= 4 is 39.5 Å². The number of benzene rings is 2. The van der Waals surface area contributed by atoms with Crippen molar-refractivity contribution in [2.24, 2.45) is 0 Å². The zero-order valence-electron chi connectivity index (χ0n) is 17.0. The number of amides is 1. The van der Waals surface area contributed by atoms with Crippen molar-refractivity contribution < 1.29 is 4.79 Å². The van der Waals surface area contributed by atoms with Gasteiger partial charge in [-0.1, -0.05) is 48.2 Å². The smallest absolute Gasteiger partial charge is 0.262 e. The van der Waals surface area contributed by atoms with Gasteiger partial charge in [0.25, 0.3) is 5.56 Å². The Balaban J connectivity index is 1.37. The zero-order valence-corrected chi connectivity index (χ0v) is 17.8. The van der Waals surface area contributed by atoms with E-state index in [0.717, 1.165) is 11.9 Å². The summed E-state index contributed by atoms with van der Waals surface area (Å²) in [6.07, 6.45) is 2.49. The highest BCUT2D eigenvalue weighted by molar-refractivity contribution is 7.99. The second-order valence-electron chi connectivity index (χ2n) is 7.60. The van der Waals surface area contributed by atoms with Gasteiger partial charge >= 0.3 is 0 Å². The van der Waals surface area contributed by atoms with Crippen molar-refractivity contribution in [2.75, 3.05) is 12.3 Å². The average molecular weight is 431 g/mol. The number of hydrogen-bond donors (Lipinski definition) is 1. The van der Waals surface area contributed by atoms with Crippen LogP contribution in [0.1, 0.15) is 11.3 Å². The first-order chi connectivity index (χ1) is 15.2. The van der Waals surface area contributed by atoms with Crippen LogP contribution in [0.4, 0.5) is 0 Å². The highest BCUT2D eigenvalue weighted by Crippen LogP contribution is 2.28. The van der Waals surface area contributed by atoms with E-state index in [2.05, 4.69) is 28.7 Å². The Kier molecular flexibility index (Phi) is 5.11. The standard InChI is InChI=1S/C24H22N4O2S/c1-2-12-28-23(30)17-8-4-6-10-20(17)26-24(28)31-15-22(29)27-13-11-21-18(14-27)16-7-3-5-9-19(16)25-21/h2-10,25H,1,11-15H2. The van der Waals surface area contributed by atoms with Gasteiger partial charge in [-0.2, -0.15) is 0 Å². The maximum Gasteiger partial charge on any atom is 0.262 e. The van der Waals surface area contributed by atoms with Gasteiger partial charge < -0.3 is 9.88 Å². The fraction of sp³-hybridized carbons (Fsp3) is 0.208. The summed E-state index contributed by atoms with van der Waals surface area (Å²) in [5.74, 6) is 0.285. The fourth-order valence-corrected chi connectivity index (χ4v) is 5.06. The Bertz CT molecular complexity index is 1370. The first kappa shape index (κ1) is 19.6. The summed E-state index contributed by atoms with van der Waals surface area (Å²) in [5.41, 5.74) is 4.07. The monoisotopic (exact) mass is 430 g/mol. The molecule has 1 aliphatic rings. The number of carbonyl (C=O) groups excluding carboxylic acids is 1. The minimum Gasteiger partial charge on any atom is -0.358 e. The van der Waals surface area contributed by atoms with Crippen LogP contribution in [-0.2, 0) is 24.3 Å². The van der Waals surface area contributed by atoms with Gasteiger partial charge in [-0.15, -0.1) is 6.58 Å². The van der Waals surface area contributed by atoms with Crippen molar-refractivity contribution in [1.82, 2.24) is 19.4 Å². The first-order valence-corrected chi connectivity index (χ1v) is 11.2. The molecule has 0 spiro atoms. The molecule has 4 aromatic rings. The van der Waals surface area contributed by atoms with Gasteiger partial charge in [-0.25, -0.2) is 4.98 Å². The van der Waals surface area contributed by atoms with E-state index < -0.39 is 0 Å². The largest absolute Gasteiger partial charge is 0.358 e. The molecular weight excluding hydrogens is 408 g/mol. The maximum atomic E-state index is 13.0. The number of fused-ring (bicyclic) bond motifs is 4. The van der Waals surface area contributed by atoms with E-state index in [-0.39, 0.29) is 17.2 Å². The number of para-hydroxylation sites is 2. The number of hydrogen-bond acceptors (Lipinski definition) is 4. The van der Waals surface area contributed by atoms with Crippen LogP contribution in [0.25, 0.3) is 21.8 Å². The summed E-state index contributed by atoms with van der Waals surface area (Å²) in [5, 5.41) is 2.29. The lowest BCUT2D eigenvalue weighted by molar-refractivity contribution is -0.129. The second kappa shape index (κ2) is 8.07. The topological polar surface area (TPSA) is 71.0 Å². The average Bonchev–Trinajstić information content (AvgIpc) is 3.17. The number of nitrogens with one attached hydrogen (secondary N) is 1. The summed E-state index contributed by atoms with van der Waals surface area (Å²) in [6.45, 7) is 5.39. The van der Waals surface area contributed by atoms with E-state index in [4.69, 9.17) is 0 Å². The van der Waals surface area contributed by atoms with E-state index in [1.165, 1.54) is 28.4 Å². The number of H-pyrrole nitrogens is 1. The van der Waals surface area contributed by atoms with E-state index in [1.54, 1.807) is 16.7 Å². The van der Waals surface area contributed by atoms with Gasteiger partial charge in [-0.3, -0.25) is 14.2 Å². The third-order valence-electron chi connectivity index (χ3n) is 5.70. The molecule has 156 valence electrons. The second-order valence-corrected chi connectivity index (χ2v) is 8.54. The van der Waals surface area contributed by atoms with Crippen LogP contribution in [0.15, 0.2) is 71.1 Å². The molecule has 0 aliphatic carbocycles. The number of carbonyl (C=O) groups is 1. The number of rotatable bonds is 5. The Morgan fingerprint density at radius 3 is 2.77 bits per heavy atom. The molecule has 2 aromatic carbocycles. The quantitative estimate of drug-likeness (QED) is 0.297. The number of aromatic nitrogens is 3. The third-order valence-corrected chi connectivity index (χ3v) is 6.66. The molecule has 5 rings (SSSR count). The molecule has 1 amide bonds. The van der Waals surface area contributed by atoms with Crippen LogP contribution >= 0.6 is 11.8 Å². The normalized spacial score (nSPS) is 13.5. The molecule has 0 atom stereocenters. The van der Waals surface area contributed by atoms with Crippen molar-refractivity contribution in [1.29, 1.82) is 0 Å². The SMILES string of the molecule is C=CCn1c(SCC(=O)N2CCc3[nH]c4ccccc4c3C2)nc2ccccc2c1=O. The molecule has 7 heteroatoms. The van der Waals surface area contributed by atoms with Gasteiger partial charge in [0, 0.05) is 48.2 Å². The number of thioether (sulfide) groups is 1. The fourth-order valence-electron chi connectivity index (χ4n) is 4.14. The minimum absolute atomic E-state index is 0.0495. The molecule has 31 heavy (non-hydrogen) atoms. The number of aromatic amines is 1. The molecule has 0 saturated heterocycles. The predicted molar refractivity (Wildman–Crippen MR) is 124 cm³/mol. The van der Waals surface area contributed by atoms with Gasteiger partial charge in [0.2, 0.25) is 5.91 Å². The molecule has 0 radical (unpaired) electrons. The minimum atomic E-state index is -0.109. The third kappa shape index (κ3) is 3.55. The summed E-state index contributed by atoms with van der Waals surface area (Å²) >= 11 is 1.31. The van der Waals surface area contributed by atoms with E-state index >= 15 is 0 Å². The molecule has 0 unspecified atom stereocenters. The summed E-state index contributed by atoms with van der Waals surface area (Å²) in [7, 11) is 0. The first-order valence-electron chi connectivity index (χ1n) is 10.2. The Labute approximate surface area is 183 Å². The van der Waals surface area contributed by atoms with Gasteiger partial charge in [-0.05, 0) is 18.2 Å². The van der Waals surface area contributed by atoms with Crippen LogP contribution in [0, 0.1) is 0 Å². The molecule has 0 fully saturated rings. The highest BCUT2D eigenvalue weighted by atomic mass is 32.2. The number of allylic oxidation sites excluding steroid dienone is 1. The molecule has 6 nitrogen and oxygen atoms in total. The van der Waals surface area contributed by atoms with Crippen LogP contribution in [0.5, 0.6) is 0 Å². The molecule has 0 saturated carbocycles. The van der Waals surface area contributed by atoms with Crippen LogP contribution < -0.4 is 5.56 Å². The molecule has 3 heterocycles. The Morgan fingerprint density at radius 1 is 1.16 bits per heavy atom. The van der Waals surface area contributed by atoms with Crippen molar-refractivity contribution in [3.8, 4) is 0 Å². The van der Waals surface area contributed by atoms with Gasteiger partial charge in [0.05, 0.1) is 16.7 Å². The van der Waals surface area contributed by atoms with E-state index in [1.807, 2.05) is 35.2 Å². The Morgan fingerprint density at radius 2 is 1.94 bits per heavy atom. The van der Waals surface area contributed by atoms with Crippen LogP contribution in [0.3, 0.4) is 0 Å². The van der Waals surface area contributed by atoms with Gasteiger partial charge in [0.1, 0.15) is 0 Å². The maximum absolute atomic E-state index is 13.0. The van der Waals surface area contributed by atoms with Crippen LogP contribution in [-0.4, -0.2) is 37.6 Å². The lowest BCUT2D eigenvalue weighted by Crippen LogP contribution is -2.37. The van der Waals surface area contributed by atoms with Crippen molar-refractivity contribution in [2.45, 2.75) is 24.7 Å². The van der Waals surface area contributed by atoms with Crippen molar-refractivity contribution in [3.63, 3.8) is 0 Å². The molecule has 1 N–H and O–H groups in total. The van der Waals surface area contributed by atoms with E-state index in [9.17, 15) is 9.59 Å². The summed E-state index contributed by atoms with van der Waals surface area (Å²) in [4.78, 5) is 35.9. The summed E-state index contributed by atoms with van der Waals surface area (Å²) in [6, 6.07) is 15.5. The summed E-state index contributed by atoms with van der Waals surface area (Å²) < 4.78 is 1.58. The van der Waals surface area contributed by atoms with Crippen molar-refractivity contribution in [3.05, 3.63) is 82.8 Å². The Hall–Kier alpha value is -3.32. The highest BCUT2D eigenvalue weighted by Gasteiger charge is 2.24. The molecule has 1 aliphatic heterocycles. The predicted octanol–water partition coefficient (Wildman–Crippen LogP) is 3.74. The van der Waals surface area contributed by atoms with Gasteiger partial charge in [0.15, 0.2) is 5.16 Å². The lowest BCUT2D eigenvalue weighted by Gasteiger charge is -2.27. The molecule has 2 aromatic heterocycles. The van der Waals surface area contributed by atoms with Crippen LogP contribution in [0.2, 0.25) is 0 Å². The zero-order chi connectivity index (χ0) is 21.4. The molecular formula is C24H22N4O2S. The van der Waals surface area contributed by atoms with E-state index in [0.29, 0.717) is 35.7 Å². The lowest BCUT2D eigenvalue weighted by atomic mass is 10.0. The number of nitrogens with zero attached hydrogens (tertiary/aromatic N) is 3.